The quantitative estimate of drug-likeness (QED) is 0.100. The lowest BCUT2D eigenvalue weighted by atomic mass is 9.33. The van der Waals surface area contributed by atoms with Gasteiger partial charge in [-0.3, -0.25) is 4.79 Å². The van der Waals surface area contributed by atoms with Gasteiger partial charge in [0.2, 0.25) is 6.29 Å². The molecule has 0 bridgehead atoms. The van der Waals surface area contributed by atoms with Crippen molar-refractivity contribution in [3.8, 4) is 0 Å². The van der Waals surface area contributed by atoms with Crippen molar-refractivity contribution in [2.45, 2.75) is 212 Å². The molecule has 5 aliphatic carbocycles. The molecule has 3 heterocycles. The number of carbonyl (C=O) groups is 1. The van der Waals surface area contributed by atoms with E-state index < -0.39 is 116 Å². The molecule has 0 amide bonds. The average molecular weight is 897 g/mol. The molecule has 0 aromatic heterocycles. The molecule has 22 atom stereocenters. The van der Waals surface area contributed by atoms with Crippen LogP contribution in [0.4, 0.5) is 0 Å². The molecule has 8 rings (SSSR count). The lowest BCUT2D eigenvalue weighted by molar-refractivity contribution is -0.370. The maximum Gasteiger partial charge on any atom is 0.315 e. The van der Waals surface area contributed by atoms with Gasteiger partial charge in [-0.2, -0.15) is 0 Å². The fourth-order valence-corrected chi connectivity index (χ4v) is 14.7. The van der Waals surface area contributed by atoms with Crippen LogP contribution in [0.3, 0.4) is 0 Å². The SMILES string of the molecule is CC1OC(OC(=O)C23CCC(C)(C)CC2C2=CCC4C5(C)CCC(OC6OC(CO)C(O)C(O)C6OC6OCC(O)C(O)C6O)C(C)(C)C5CCC4(C)C2(C)CC3)C(O)C(O)C1O. The first kappa shape index (κ1) is 48.1. The minimum absolute atomic E-state index is 0.0165. The van der Waals surface area contributed by atoms with E-state index in [0.29, 0.717) is 25.2 Å². The van der Waals surface area contributed by atoms with Crippen molar-refractivity contribution >= 4 is 5.97 Å². The molecule has 360 valence electrons. The van der Waals surface area contributed by atoms with E-state index in [0.717, 1.165) is 44.9 Å². The topological polar surface area (TPSA) is 255 Å². The summed E-state index contributed by atoms with van der Waals surface area (Å²) in [5.41, 5.74) is -0.363. The Balaban J connectivity index is 1.04. The van der Waals surface area contributed by atoms with Crippen LogP contribution in [0.25, 0.3) is 0 Å². The van der Waals surface area contributed by atoms with Crippen molar-refractivity contribution in [2.24, 2.45) is 50.2 Å². The number of esters is 1. The van der Waals surface area contributed by atoms with E-state index in [-0.39, 0.29) is 40.1 Å². The molecule has 16 heteroatoms. The molecule has 63 heavy (non-hydrogen) atoms. The lowest BCUT2D eigenvalue weighted by Crippen LogP contribution is -2.66. The second-order valence-electron chi connectivity index (χ2n) is 23.0. The molecule has 0 aromatic rings. The Morgan fingerprint density at radius 1 is 0.714 bits per heavy atom. The predicted octanol–water partition coefficient (Wildman–Crippen LogP) is 1.81. The highest BCUT2D eigenvalue weighted by molar-refractivity contribution is 5.79. The molecule has 0 radical (unpaired) electrons. The van der Waals surface area contributed by atoms with E-state index in [1.165, 1.54) is 5.57 Å². The van der Waals surface area contributed by atoms with Crippen LogP contribution in [-0.2, 0) is 33.2 Å². The summed E-state index contributed by atoms with van der Waals surface area (Å²) in [4.78, 5) is 14.6. The number of carbonyl (C=O) groups excluding carboxylic acids is 1. The molecule has 7 fully saturated rings. The third kappa shape index (κ3) is 7.51. The molecular weight excluding hydrogens is 821 g/mol. The van der Waals surface area contributed by atoms with Crippen LogP contribution in [-0.4, -0.2) is 157 Å². The Labute approximate surface area is 371 Å². The Hall–Kier alpha value is -1.35. The van der Waals surface area contributed by atoms with Crippen LogP contribution in [0.5, 0.6) is 0 Å². The highest BCUT2D eigenvalue weighted by Gasteiger charge is 2.70. The molecule has 0 aromatic carbocycles. The monoisotopic (exact) mass is 897 g/mol. The Bertz CT molecular complexity index is 1720. The van der Waals surface area contributed by atoms with Gasteiger partial charge in [0.15, 0.2) is 12.6 Å². The van der Waals surface area contributed by atoms with E-state index in [9.17, 15) is 50.8 Å². The number of hydrogen-bond donors (Lipinski definition) is 9. The van der Waals surface area contributed by atoms with Gasteiger partial charge in [-0.1, -0.05) is 60.1 Å². The first-order valence-corrected chi connectivity index (χ1v) is 23.6. The van der Waals surface area contributed by atoms with E-state index in [1.54, 1.807) is 6.92 Å². The Kier molecular flexibility index (Phi) is 12.8. The smallest absolute Gasteiger partial charge is 0.315 e. The van der Waals surface area contributed by atoms with Crippen molar-refractivity contribution < 1.29 is 79.2 Å². The fourth-order valence-electron chi connectivity index (χ4n) is 14.7. The van der Waals surface area contributed by atoms with E-state index in [4.69, 9.17) is 28.4 Å². The first-order chi connectivity index (χ1) is 29.4. The summed E-state index contributed by atoms with van der Waals surface area (Å²) in [6.45, 7) is 17.0. The normalized spacial score (nSPS) is 54.1. The lowest BCUT2D eigenvalue weighted by Gasteiger charge is -2.71. The van der Waals surface area contributed by atoms with Gasteiger partial charge in [-0.25, -0.2) is 0 Å². The van der Waals surface area contributed by atoms with Crippen molar-refractivity contribution in [2.75, 3.05) is 13.2 Å². The minimum atomic E-state index is -1.65. The third-order valence-electron chi connectivity index (χ3n) is 18.9. The van der Waals surface area contributed by atoms with Gasteiger partial charge in [0.05, 0.1) is 30.8 Å². The minimum Gasteiger partial charge on any atom is -0.432 e. The zero-order valence-electron chi connectivity index (χ0n) is 38.3. The van der Waals surface area contributed by atoms with Gasteiger partial charge in [0, 0.05) is 0 Å². The summed E-state index contributed by atoms with van der Waals surface area (Å²) >= 11 is 0. The van der Waals surface area contributed by atoms with Gasteiger partial charge in [-0.05, 0) is 116 Å². The second kappa shape index (κ2) is 16.7. The van der Waals surface area contributed by atoms with Gasteiger partial charge >= 0.3 is 5.97 Å². The van der Waals surface area contributed by atoms with Crippen molar-refractivity contribution in [1.82, 2.24) is 0 Å². The highest BCUT2D eigenvalue weighted by Crippen LogP contribution is 2.76. The maximum atomic E-state index is 14.6. The van der Waals surface area contributed by atoms with Crippen molar-refractivity contribution in [3.63, 3.8) is 0 Å². The number of ether oxygens (including phenoxy) is 6. The standard InChI is InChI=1S/C47H76O16/c1-22-30(50)33(53)36(56)39(59-22)63-41(57)47-17-15-42(2,3)19-24(47)23-9-10-28-44(6)13-12-29(43(4,5)27(44)11-14-46(28,8)45(23,7)16-18-47)61-40-37(34(54)32(52)26(20-48)60-40)62-38-35(55)31(51)25(49)21-58-38/h9,22,24-40,48-56H,10-21H2,1-8H3. The summed E-state index contributed by atoms with van der Waals surface area (Å²) in [6.07, 6.45) is -9.58. The number of hydrogen-bond acceptors (Lipinski definition) is 16. The van der Waals surface area contributed by atoms with Gasteiger partial charge in [-0.15, -0.1) is 0 Å². The molecule has 9 N–H and O–H groups in total. The highest BCUT2D eigenvalue weighted by atomic mass is 16.8. The summed E-state index contributed by atoms with van der Waals surface area (Å²) in [6, 6.07) is 0. The molecule has 16 nitrogen and oxygen atoms in total. The van der Waals surface area contributed by atoms with Crippen LogP contribution in [0.2, 0.25) is 0 Å². The molecular formula is C47H76O16. The molecule has 0 spiro atoms. The van der Waals surface area contributed by atoms with Crippen LogP contribution in [0.1, 0.15) is 120 Å². The van der Waals surface area contributed by atoms with Gasteiger partial charge < -0.3 is 74.4 Å². The predicted molar refractivity (Wildman–Crippen MR) is 223 cm³/mol. The van der Waals surface area contributed by atoms with E-state index in [2.05, 4.69) is 54.5 Å². The molecule has 22 unspecified atom stereocenters. The van der Waals surface area contributed by atoms with Gasteiger partial charge in [0.1, 0.15) is 61.0 Å². The number of fused-ring (bicyclic) bond motifs is 7. The third-order valence-corrected chi connectivity index (χ3v) is 18.9. The molecule has 4 saturated carbocycles. The van der Waals surface area contributed by atoms with Crippen molar-refractivity contribution in [1.29, 1.82) is 0 Å². The number of aliphatic hydroxyl groups is 9. The molecule has 3 aliphatic heterocycles. The first-order valence-electron chi connectivity index (χ1n) is 23.6. The summed E-state index contributed by atoms with van der Waals surface area (Å²) in [7, 11) is 0. The number of aliphatic hydroxyl groups excluding tert-OH is 9. The largest absolute Gasteiger partial charge is 0.432 e. The fraction of sp³-hybridized carbons (Fsp3) is 0.936. The zero-order chi connectivity index (χ0) is 46.0. The summed E-state index contributed by atoms with van der Waals surface area (Å²) in [5, 5.41) is 95.0. The van der Waals surface area contributed by atoms with Crippen LogP contribution >= 0.6 is 0 Å². The van der Waals surface area contributed by atoms with E-state index in [1.807, 2.05) is 0 Å². The zero-order valence-corrected chi connectivity index (χ0v) is 38.3. The number of allylic oxidation sites excluding steroid dienone is 2. The van der Waals surface area contributed by atoms with E-state index >= 15 is 0 Å². The Morgan fingerprint density at radius 3 is 2.10 bits per heavy atom. The summed E-state index contributed by atoms with van der Waals surface area (Å²) in [5.74, 6) is 0.0193. The van der Waals surface area contributed by atoms with Crippen LogP contribution in [0, 0.1) is 50.2 Å². The van der Waals surface area contributed by atoms with Crippen molar-refractivity contribution in [3.05, 3.63) is 11.6 Å². The van der Waals surface area contributed by atoms with Crippen LogP contribution in [0.15, 0.2) is 11.6 Å². The molecule has 3 saturated heterocycles. The summed E-state index contributed by atoms with van der Waals surface area (Å²) < 4.78 is 36.2. The second-order valence-corrected chi connectivity index (χ2v) is 23.0. The van der Waals surface area contributed by atoms with Gasteiger partial charge in [0.25, 0.3) is 0 Å². The average Bonchev–Trinajstić information content (AvgIpc) is 3.22. The van der Waals surface area contributed by atoms with Crippen LogP contribution < -0.4 is 0 Å². The molecule has 8 aliphatic rings. The Morgan fingerprint density at radius 2 is 1.40 bits per heavy atom. The maximum absolute atomic E-state index is 14.6. The number of rotatable bonds is 7.